The van der Waals surface area contributed by atoms with Crippen molar-refractivity contribution < 1.29 is 19.1 Å². The molecule has 0 aliphatic carbocycles. The molecule has 92 valence electrons. The zero-order valence-corrected chi connectivity index (χ0v) is 9.51. The van der Waals surface area contributed by atoms with Crippen LogP contribution in [0.15, 0.2) is 35.1 Å². The van der Waals surface area contributed by atoms with Gasteiger partial charge in [0.2, 0.25) is 0 Å². The first-order chi connectivity index (χ1) is 8.58. The summed E-state index contributed by atoms with van der Waals surface area (Å²) in [6.45, 7) is 1.66. The fraction of sp³-hybridized carbons (Fsp3) is 0.0833. The lowest BCUT2D eigenvalue weighted by Gasteiger charge is -2.03. The largest absolute Gasteiger partial charge is 0.478 e. The first kappa shape index (κ1) is 11.8. The summed E-state index contributed by atoms with van der Waals surface area (Å²) in [6.07, 6.45) is 2.73. The number of amides is 1. The van der Waals surface area contributed by atoms with Crippen molar-refractivity contribution in [2.24, 2.45) is 0 Å². The zero-order chi connectivity index (χ0) is 13.1. The number of anilines is 1. The molecule has 0 aliphatic heterocycles. The molecule has 18 heavy (non-hydrogen) atoms. The van der Waals surface area contributed by atoms with Gasteiger partial charge in [-0.25, -0.2) is 9.78 Å². The van der Waals surface area contributed by atoms with Crippen molar-refractivity contribution in [3.63, 3.8) is 0 Å². The molecule has 0 bridgehead atoms. The van der Waals surface area contributed by atoms with Crippen LogP contribution in [0.1, 0.15) is 26.5 Å². The summed E-state index contributed by atoms with van der Waals surface area (Å²) in [5.41, 5.74) is 0.446. The van der Waals surface area contributed by atoms with Gasteiger partial charge in [0.05, 0.1) is 17.4 Å². The van der Waals surface area contributed by atoms with Gasteiger partial charge in [0, 0.05) is 6.20 Å². The van der Waals surface area contributed by atoms with Crippen LogP contribution in [0.4, 0.5) is 5.82 Å². The molecule has 6 heteroatoms. The second kappa shape index (κ2) is 4.70. The minimum absolute atomic E-state index is 0.0595. The third kappa shape index (κ3) is 2.37. The molecule has 2 aromatic rings. The number of carboxylic acid groups (broad SMARTS) is 1. The highest BCUT2D eigenvalue weighted by Crippen LogP contribution is 2.12. The molecule has 0 unspecified atom stereocenters. The Morgan fingerprint density at radius 2 is 2.17 bits per heavy atom. The highest BCUT2D eigenvalue weighted by molar-refractivity contribution is 6.04. The van der Waals surface area contributed by atoms with Crippen molar-refractivity contribution in [3.05, 3.63) is 47.5 Å². The van der Waals surface area contributed by atoms with Crippen LogP contribution in [0.2, 0.25) is 0 Å². The summed E-state index contributed by atoms with van der Waals surface area (Å²) < 4.78 is 5.01. The summed E-state index contributed by atoms with van der Waals surface area (Å²) in [5, 5.41) is 11.3. The van der Waals surface area contributed by atoms with Crippen LogP contribution in [-0.2, 0) is 0 Å². The Kier molecular flexibility index (Phi) is 3.09. The summed E-state index contributed by atoms with van der Waals surface area (Å²) >= 11 is 0. The van der Waals surface area contributed by atoms with Crippen LogP contribution in [0, 0.1) is 6.92 Å². The maximum atomic E-state index is 11.8. The smallest absolute Gasteiger partial charge is 0.335 e. The number of nitrogens with one attached hydrogen (secondary N) is 1. The molecule has 2 N–H and O–H groups in total. The monoisotopic (exact) mass is 246 g/mol. The topological polar surface area (TPSA) is 92.4 Å². The number of pyridine rings is 1. The summed E-state index contributed by atoms with van der Waals surface area (Å²) in [7, 11) is 0. The van der Waals surface area contributed by atoms with Gasteiger partial charge in [-0.2, -0.15) is 0 Å². The van der Waals surface area contributed by atoms with Crippen LogP contribution >= 0.6 is 0 Å². The van der Waals surface area contributed by atoms with Gasteiger partial charge >= 0.3 is 5.97 Å². The maximum absolute atomic E-state index is 11.8. The minimum Gasteiger partial charge on any atom is -0.478 e. The van der Waals surface area contributed by atoms with E-state index in [0.29, 0.717) is 11.3 Å². The van der Waals surface area contributed by atoms with Crippen LogP contribution < -0.4 is 5.32 Å². The van der Waals surface area contributed by atoms with E-state index in [4.69, 9.17) is 9.52 Å². The lowest BCUT2D eigenvalue weighted by molar-refractivity contribution is 0.0696. The first-order valence-corrected chi connectivity index (χ1v) is 5.12. The SMILES string of the molecule is Cc1occc1C(=O)Nc1cc(C(=O)O)ccn1. The molecule has 0 fully saturated rings. The van der Waals surface area contributed by atoms with Crippen molar-refractivity contribution in [3.8, 4) is 0 Å². The quantitative estimate of drug-likeness (QED) is 0.863. The fourth-order valence-corrected chi connectivity index (χ4v) is 1.44. The van der Waals surface area contributed by atoms with Crippen molar-refractivity contribution in [1.82, 2.24) is 4.98 Å². The summed E-state index contributed by atoms with van der Waals surface area (Å²) in [6, 6.07) is 4.17. The van der Waals surface area contributed by atoms with E-state index in [2.05, 4.69) is 10.3 Å². The van der Waals surface area contributed by atoms with E-state index in [0.717, 1.165) is 0 Å². The van der Waals surface area contributed by atoms with E-state index in [9.17, 15) is 9.59 Å². The predicted molar refractivity (Wildman–Crippen MR) is 62.6 cm³/mol. The molecule has 0 atom stereocenters. The number of aromatic nitrogens is 1. The standard InChI is InChI=1S/C12H10N2O4/c1-7-9(3-5-18-7)11(15)14-10-6-8(12(16)17)2-4-13-10/h2-6H,1H3,(H,16,17)(H,13,14,15). The average Bonchev–Trinajstić information content (AvgIpc) is 2.76. The van der Waals surface area contributed by atoms with Crippen molar-refractivity contribution in [1.29, 1.82) is 0 Å². The number of aromatic carboxylic acids is 1. The van der Waals surface area contributed by atoms with Gasteiger partial charge in [0.15, 0.2) is 0 Å². The molecular weight excluding hydrogens is 236 g/mol. The Labute approximate surface area is 102 Å². The first-order valence-electron chi connectivity index (χ1n) is 5.12. The molecule has 2 heterocycles. The molecule has 0 aromatic carbocycles. The van der Waals surface area contributed by atoms with Crippen molar-refractivity contribution in [2.45, 2.75) is 6.92 Å². The Balaban J connectivity index is 2.20. The molecule has 0 aliphatic rings. The van der Waals surface area contributed by atoms with Gasteiger partial charge in [-0.15, -0.1) is 0 Å². The van der Waals surface area contributed by atoms with Gasteiger partial charge in [-0.05, 0) is 25.1 Å². The second-order valence-electron chi connectivity index (χ2n) is 3.58. The second-order valence-corrected chi connectivity index (χ2v) is 3.58. The van der Waals surface area contributed by atoms with Crippen LogP contribution in [0.5, 0.6) is 0 Å². The number of hydrogen-bond donors (Lipinski definition) is 2. The van der Waals surface area contributed by atoms with E-state index < -0.39 is 11.9 Å². The van der Waals surface area contributed by atoms with Gasteiger partial charge in [-0.3, -0.25) is 4.79 Å². The predicted octanol–water partition coefficient (Wildman–Crippen LogP) is 1.93. The molecule has 2 rings (SSSR count). The van der Waals surface area contributed by atoms with Gasteiger partial charge in [0.1, 0.15) is 11.6 Å². The van der Waals surface area contributed by atoms with Crippen LogP contribution in [0.25, 0.3) is 0 Å². The molecular formula is C12H10N2O4. The summed E-state index contributed by atoms with van der Waals surface area (Å²) in [4.78, 5) is 26.5. The number of rotatable bonds is 3. The Morgan fingerprint density at radius 1 is 1.39 bits per heavy atom. The highest BCUT2D eigenvalue weighted by Gasteiger charge is 2.13. The Hall–Kier alpha value is -2.63. The molecule has 0 spiro atoms. The van der Waals surface area contributed by atoms with Crippen LogP contribution in [-0.4, -0.2) is 22.0 Å². The van der Waals surface area contributed by atoms with E-state index in [1.807, 2.05) is 0 Å². The zero-order valence-electron chi connectivity index (χ0n) is 9.51. The number of carboxylic acids is 1. The third-order valence-electron chi connectivity index (χ3n) is 2.35. The number of hydrogen-bond acceptors (Lipinski definition) is 4. The number of nitrogens with zero attached hydrogens (tertiary/aromatic N) is 1. The molecule has 6 nitrogen and oxygen atoms in total. The fourth-order valence-electron chi connectivity index (χ4n) is 1.44. The third-order valence-corrected chi connectivity index (χ3v) is 2.35. The Morgan fingerprint density at radius 3 is 2.78 bits per heavy atom. The van der Waals surface area contributed by atoms with Gasteiger partial charge < -0.3 is 14.8 Å². The molecule has 1 amide bonds. The number of aryl methyl sites for hydroxylation is 1. The Bertz CT molecular complexity index is 604. The van der Waals surface area contributed by atoms with E-state index >= 15 is 0 Å². The van der Waals surface area contributed by atoms with Crippen molar-refractivity contribution >= 4 is 17.7 Å². The average molecular weight is 246 g/mol. The van der Waals surface area contributed by atoms with Gasteiger partial charge in [-0.1, -0.05) is 0 Å². The van der Waals surface area contributed by atoms with Crippen molar-refractivity contribution in [2.75, 3.05) is 5.32 Å². The number of carbonyl (C=O) groups is 2. The molecule has 0 radical (unpaired) electrons. The molecule has 0 saturated heterocycles. The molecule has 2 aromatic heterocycles. The van der Waals surface area contributed by atoms with E-state index in [-0.39, 0.29) is 11.4 Å². The highest BCUT2D eigenvalue weighted by atomic mass is 16.4. The van der Waals surface area contributed by atoms with E-state index in [1.54, 1.807) is 6.92 Å². The van der Waals surface area contributed by atoms with Crippen LogP contribution in [0.3, 0.4) is 0 Å². The normalized spacial score (nSPS) is 10.1. The van der Waals surface area contributed by atoms with Gasteiger partial charge in [0.25, 0.3) is 5.91 Å². The number of furan rings is 1. The lowest BCUT2D eigenvalue weighted by Crippen LogP contribution is -2.13. The number of carbonyl (C=O) groups excluding carboxylic acids is 1. The summed E-state index contributed by atoms with van der Waals surface area (Å²) in [5.74, 6) is -0.800. The lowest BCUT2D eigenvalue weighted by atomic mass is 10.2. The minimum atomic E-state index is -1.08. The molecule has 0 saturated carbocycles. The maximum Gasteiger partial charge on any atom is 0.335 e. The van der Waals surface area contributed by atoms with E-state index in [1.165, 1.54) is 30.7 Å².